The van der Waals surface area contributed by atoms with E-state index in [-0.39, 0.29) is 6.04 Å². The highest BCUT2D eigenvalue weighted by Gasteiger charge is 2.22. The van der Waals surface area contributed by atoms with Gasteiger partial charge in [0.25, 0.3) is 0 Å². The molecule has 1 saturated heterocycles. The van der Waals surface area contributed by atoms with Crippen LogP contribution >= 0.6 is 11.3 Å². The quantitative estimate of drug-likeness (QED) is 0.920. The predicted octanol–water partition coefficient (Wildman–Crippen LogP) is 2.28. The van der Waals surface area contributed by atoms with Crippen LogP contribution in [0.4, 0.5) is 5.82 Å². The lowest BCUT2D eigenvalue weighted by Gasteiger charge is -2.31. The summed E-state index contributed by atoms with van der Waals surface area (Å²) in [5.41, 5.74) is 7.35. The first-order valence-corrected chi connectivity index (χ1v) is 7.74. The van der Waals surface area contributed by atoms with E-state index in [9.17, 15) is 0 Å². The number of morpholine rings is 1. The summed E-state index contributed by atoms with van der Waals surface area (Å²) in [4.78, 5) is 13.9. The molecule has 1 fully saturated rings. The second-order valence-corrected chi connectivity index (χ2v) is 6.46. The van der Waals surface area contributed by atoms with Crippen LogP contribution in [-0.2, 0) is 4.74 Å². The normalized spacial score (nSPS) is 18.6. The fourth-order valence-corrected chi connectivity index (χ4v) is 3.66. The first kappa shape index (κ1) is 13.7. The van der Waals surface area contributed by atoms with Crippen LogP contribution in [0.2, 0.25) is 0 Å². The summed E-state index contributed by atoms with van der Waals surface area (Å²) in [7, 11) is 0. The number of aryl methyl sites for hydroxylation is 2. The third-order valence-electron chi connectivity index (χ3n) is 4.04. The molecule has 0 bridgehead atoms. The van der Waals surface area contributed by atoms with Crippen LogP contribution < -0.4 is 5.73 Å². The van der Waals surface area contributed by atoms with Crippen molar-refractivity contribution in [2.75, 3.05) is 32.0 Å². The van der Waals surface area contributed by atoms with Crippen molar-refractivity contribution in [1.82, 2.24) is 14.9 Å². The molecule has 1 unspecified atom stereocenters. The molecule has 1 aliphatic heterocycles. The van der Waals surface area contributed by atoms with Gasteiger partial charge in [0.15, 0.2) is 0 Å². The number of hydrogen-bond donors (Lipinski definition) is 1. The molecule has 0 aliphatic carbocycles. The van der Waals surface area contributed by atoms with Gasteiger partial charge in [-0.15, -0.1) is 11.3 Å². The highest BCUT2D eigenvalue weighted by atomic mass is 32.1. The van der Waals surface area contributed by atoms with Crippen molar-refractivity contribution in [1.29, 1.82) is 0 Å². The van der Waals surface area contributed by atoms with Gasteiger partial charge in [0.1, 0.15) is 16.5 Å². The number of nitrogens with two attached hydrogens (primary N) is 1. The topological polar surface area (TPSA) is 64.3 Å². The van der Waals surface area contributed by atoms with Crippen molar-refractivity contribution >= 4 is 27.4 Å². The maximum atomic E-state index is 6.15. The number of hydrogen-bond acceptors (Lipinski definition) is 6. The maximum absolute atomic E-state index is 6.15. The Hall–Kier alpha value is -1.24. The molecule has 2 N–H and O–H groups in total. The number of aromatic nitrogens is 2. The van der Waals surface area contributed by atoms with Gasteiger partial charge in [0, 0.05) is 18.0 Å². The average Bonchev–Trinajstić information content (AvgIpc) is 2.74. The molecule has 20 heavy (non-hydrogen) atoms. The summed E-state index contributed by atoms with van der Waals surface area (Å²) in [5, 5.41) is 1.02. The van der Waals surface area contributed by atoms with Gasteiger partial charge in [-0.1, -0.05) is 0 Å². The number of thiophene rings is 1. The van der Waals surface area contributed by atoms with Crippen LogP contribution in [0.5, 0.6) is 0 Å². The predicted molar refractivity (Wildman–Crippen MR) is 82.1 cm³/mol. The molecule has 5 nitrogen and oxygen atoms in total. The molecule has 108 valence electrons. The molecule has 3 heterocycles. The zero-order chi connectivity index (χ0) is 14.3. The zero-order valence-electron chi connectivity index (χ0n) is 12.1. The molecule has 1 atom stereocenters. The van der Waals surface area contributed by atoms with Gasteiger partial charge in [-0.25, -0.2) is 9.97 Å². The van der Waals surface area contributed by atoms with Gasteiger partial charge in [0.2, 0.25) is 0 Å². The Kier molecular flexibility index (Phi) is 3.62. The molecule has 0 aromatic carbocycles. The second kappa shape index (κ2) is 5.27. The molecule has 0 saturated carbocycles. The van der Waals surface area contributed by atoms with E-state index in [1.807, 2.05) is 0 Å². The van der Waals surface area contributed by atoms with E-state index < -0.39 is 0 Å². The maximum Gasteiger partial charge on any atom is 0.149 e. The molecular weight excluding hydrogens is 272 g/mol. The van der Waals surface area contributed by atoms with E-state index in [0.717, 1.165) is 42.3 Å². The largest absolute Gasteiger partial charge is 0.383 e. The lowest BCUT2D eigenvalue weighted by Crippen LogP contribution is -2.38. The van der Waals surface area contributed by atoms with Crippen LogP contribution in [0.25, 0.3) is 10.2 Å². The molecule has 6 heteroatoms. The Morgan fingerprint density at radius 1 is 1.25 bits per heavy atom. The Labute approximate surface area is 122 Å². The number of rotatable bonds is 2. The van der Waals surface area contributed by atoms with Crippen molar-refractivity contribution < 1.29 is 4.74 Å². The summed E-state index contributed by atoms with van der Waals surface area (Å²) in [6.07, 6.45) is 0. The minimum atomic E-state index is 0.174. The van der Waals surface area contributed by atoms with Crippen molar-refractivity contribution in [3.8, 4) is 0 Å². The highest BCUT2D eigenvalue weighted by molar-refractivity contribution is 7.18. The molecule has 1 aliphatic rings. The Balaban J connectivity index is 1.99. The first-order chi connectivity index (χ1) is 9.58. The monoisotopic (exact) mass is 292 g/mol. The van der Waals surface area contributed by atoms with Crippen LogP contribution in [0.3, 0.4) is 0 Å². The van der Waals surface area contributed by atoms with Crippen molar-refractivity contribution in [3.63, 3.8) is 0 Å². The Bertz CT molecular complexity index is 634. The number of fused-ring (bicyclic) bond motifs is 1. The zero-order valence-corrected chi connectivity index (χ0v) is 13.0. The van der Waals surface area contributed by atoms with Crippen molar-refractivity contribution in [3.05, 3.63) is 16.3 Å². The average molecular weight is 292 g/mol. The van der Waals surface area contributed by atoms with E-state index in [1.54, 1.807) is 11.3 Å². The van der Waals surface area contributed by atoms with Gasteiger partial charge < -0.3 is 10.5 Å². The Morgan fingerprint density at radius 3 is 2.65 bits per heavy atom. The number of ether oxygens (including phenoxy) is 1. The lowest BCUT2D eigenvalue weighted by atomic mass is 10.2. The molecule has 0 spiro atoms. The van der Waals surface area contributed by atoms with Gasteiger partial charge in [-0.3, -0.25) is 4.90 Å². The van der Waals surface area contributed by atoms with Crippen molar-refractivity contribution in [2.45, 2.75) is 26.8 Å². The second-order valence-electron chi connectivity index (χ2n) is 5.25. The molecule has 3 rings (SSSR count). The third-order valence-corrected chi connectivity index (χ3v) is 5.14. The van der Waals surface area contributed by atoms with Crippen molar-refractivity contribution in [2.24, 2.45) is 0 Å². The fraction of sp³-hybridized carbons (Fsp3) is 0.571. The molecular formula is C14H20N4OS. The smallest absolute Gasteiger partial charge is 0.149 e. The lowest BCUT2D eigenvalue weighted by molar-refractivity contribution is 0.0183. The SMILES string of the molecule is Cc1sc2nc(C(C)N3CCOCC3)nc(N)c2c1C. The molecule has 2 aromatic rings. The van der Waals surface area contributed by atoms with E-state index in [1.165, 1.54) is 10.4 Å². The van der Waals surface area contributed by atoms with Crippen LogP contribution in [-0.4, -0.2) is 41.2 Å². The third kappa shape index (κ3) is 2.28. The highest BCUT2D eigenvalue weighted by Crippen LogP contribution is 2.33. The summed E-state index contributed by atoms with van der Waals surface area (Å²) in [6, 6.07) is 0.174. The van der Waals surface area contributed by atoms with Crippen LogP contribution in [0.1, 0.15) is 29.2 Å². The van der Waals surface area contributed by atoms with Gasteiger partial charge in [-0.2, -0.15) is 0 Å². The molecule has 2 aromatic heterocycles. The minimum absolute atomic E-state index is 0.174. The summed E-state index contributed by atoms with van der Waals surface area (Å²) in [6.45, 7) is 9.72. The van der Waals surface area contributed by atoms with Gasteiger partial charge in [-0.05, 0) is 26.3 Å². The Morgan fingerprint density at radius 2 is 1.95 bits per heavy atom. The summed E-state index contributed by atoms with van der Waals surface area (Å²) >= 11 is 1.70. The van der Waals surface area contributed by atoms with Gasteiger partial charge in [0.05, 0.1) is 24.6 Å². The fourth-order valence-electron chi connectivity index (χ4n) is 2.61. The summed E-state index contributed by atoms with van der Waals surface area (Å²) in [5.74, 6) is 1.42. The molecule has 0 radical (unpaired) electrons. The van der Waals surface area contributed by atoms with E-state index >= 15 is 0 Å². The number of anilines is 1. The van der Waals surface area contributed by atoms with Crippen LogP contribution in [0, 0.1) is 13.8 Å². The van der Waals surface area contributed by atoms with Crippen LogP contribution in [0.15, 0.2) is 0 Å². The van der Waals surface area contributed by atoms with E-state index in [4.69, 9.17) is 15.5 Å². The van der Waals surface area contributed by atoms with Gasteiger partial charge >= 0.3 is 0 Å². The summed E-state index contributed by atoms with van der Waals surface area (Å²) < 4.78 is 5.39. The first-order valence-electron chi connectivity index (χ1n) is 6.93. The molecule has 0 amide bonds. The standard InChI is InChI=1S/C14H20N4OS/c1-8-10(3)20-14-11(8)12(15)16-13(17-14)9(2)18-4-6-19-7-5-18/h9H,4-7H2,1-3H3,(H2,15,16,17). The minimum Gasteiger partial charge on any atom is -0.383 e. The van der Waals surface area contributed by atoms with E-state index in [2.05, 4.69) is 30.7 Å². The number of nitrogen functional groups attached to an aromatic ring is 1. The number of nitrogens with zero attached hydrogens (tertiary/aromatic N) is 3. The van der Waals surface area contributed by atoms with E-state index in [0.29, 0.717) is 5.82 Å².